The first-order valence-electron chi connectivity index (χ1n) is 4.76. The van der Waals surface area contributed by atoms with Crippen LogP contribution in [0, 0.1) is 6.92 Å². The van der Waals surface area contributed by atoms with E-state index in [-0.39, 0.29) is 5.97 Å². The molecular weight excluding hydrogens is 244 g/mol. The van der Waals surface area contributed by atoms with Crippen molar-refractivity contribution in [1.82, 2.24) is 9.97 Å². The average molecular weight is 254 g/mol. The second kappa shape index (κ2) is 4.71. The zero-order chi connectivity index (χ0) is 11.5. The predicted molar refractivity (Wildman–Crippen MR) is 63.9 cm³/mol. The van der Waals surface area contributed by atoms with Gasteiger partial charge >= 0.3 is 5.97 Å². The molecule has 0 saturated heterocycles. The van der Waals surface area contributed by atoms with E-state index in [0.29, 0.717) is 11.6 Å². The molecule has 2 aromatic rings. The van der Waals surface area contributed by atoms with Crippen molar-refractivity contribution < 1.29 is 9.53 Å². The average Bonchev–Trinajstić information content (AvgIpc) is 2.85. The molecule has 2 rings (SSSR count). The zero-order valence-corrected chi connectivity index (χ0v) is 10.5. The van der Waals surface area contributed by atoms with Crippen molar-refractivity contribution in [2.45, 2.75) is 13.8 Å². The molecule has 0 atom stereocenters. The molecule has 0 amide bonds. The van der Waals surface area contributed by atoms with E-state index in [0.717, 1.165) is 16.4 Å². The van der Waals surface area contributed by atoms with Crippen LogP contribution >= 0.6 is 22.7 Å². The van der Waals surface area contributed by atoms with Crippen LogP contribution in [0.1, 0.15) is 21.7 Å². The summed E-state index contributed by atoms with van der Waals surface area (Å²) in [4.78, 5) is 19.9. The van der Waals surface area contributed by atoms with Crippen molar-refractivity contribution in [3.63, 3.8) is 0 Å². The van der Waals surface area contributed by atoms with Gasteiger partial charge in [-0.05, 0) is 13.8 Å². The van der Waals surface area contributed by atoms with Crippen LogP contribution in [0.25, 0.3) is 11.4 Å². The van der Waals surface area contributed by atoms with E-state index in [1.807, 2.05) is 17.7 Å². The molecule has 0 aliphatic rings. The van der Waals surface area contributed by atoms with Crippen LogP contribution < -0.4 is 0 Å². The standard InChI is InChI=1S/C10H10N2O2S2/c1-3-14-10(13)9-12-8(5-16-9)7-4-15-6(2)11-7/h4-5H,3H2,1-2H3. The maximum Gasteiger partial charge on any atom is 0.367 e. The van der Waals surface area contributed by atoms with Crippen LogP contribution in [0.3, 0.4) is 0 Å². The van der Waals surface area contributed by atoms with Crippen molar-refractivity contribution in [3.8, 4) is 11.4 Å². The number of nitrogens with zero attached hydrogens (tertiary/aromatic N) is 2. The summed E-state index contributed by atoms with van der Waals surface area (Å²) in [7, 11) is 0. The quantitative estimate of drug-likeness (QED) is 0.790. The minimum absolute atomic E-state index is 0.365. The van der Waals surface area contributed by atoms with Gasteiger partial charge in [-0.3, -0.25) is 0 Å². The second-order valence-corrected chi connectivity index (χ2v) is 4.93. The lowest BCUT2D eigenvalue weighted by Crippen LogP contribution is -2.03. The fourth-order valence-electron chi connectivity index (χ4n) is 1.16. The number of ether oxygens (including phenoxy) is 1. The van der Waals surface area contributed by atoms with Gasteiger partial charge < -0.3 is 4.74 Å². The third-order valence-electron chi connectivity index (χ3n) is 1.84. The summed E-state index contributed by atoms with van der Waals surface area (Å²) in [6.07, 6.45) is 0. The summed E-state index contributed by atoms with van der Waals surface area (Å²) in [6, 6.07) is 0. The molecule has 0 spiro atoms. The molecule has 0 saturated carbocycles. The molecule has 2 heterocycles. The van der Waals surface area contributed by atoms with Gasteiger partial charge in [0.25, 0.3) is 0 Å². The van der Waals surface area contributed by atoms with Crippen molar-refractivity contribution in [1.29, 1.82) is 0 Å². The molecule has 84 valence electrons. The molecule has 0 aromatic carbocycles. The van der Waals surface area contributed by atoms with Gasteiger partial charge in [-0.1, -0.05) is 0 Å². The lowest BCUT2D eigenvalue weighted by atomic mass is 10.4. The fraction of sp³-hybridized carbons (Fsp3) is 0.300. The maximum absolute atomic E-state index is 11.4. The van der Waals surface area contributed by atoms with Gasteiger partial charge in [-0.15, -0.1) is 22.7 Å². The lowest BCUT2D eigenvalue weighted by Gasteiger charge is -1.95. The Morgan fingerprint density at radius 1 is 1.31 bits per heavy atom. The Balaban J connectivity index is 2.22. The third-order valence-corrected chi connectivity index (χ3v) is 3.43. The Hall–Kier alpha value is -1.27. The smallest absolute Gasteiger partial charge is 0.367 e. The SMILES string of the molecule is CCOC(=O)c1nc(-c2csc(C)n2)cs1. The van der Waals surface area contributed by atoms with Gasteiger partial charge in [0.15, 0.2) is 0 Å². The Morgan fingerprint density at radius 2 is 2.00 bits per heavy atom. The third kappa shape index (κ3) is 2.28. The number of aromatic nitrogens is 2. The first-order valence-corrected chi connectivity index (χ1v) is 6.51. The Labute approximate surface area is 101 Å². The lowest BCUT2D eigenvalue weighted by molar-refractivity contribution is 0.0526. The number of thiazole rings is 2. The van der Waals surface area contributed by atoms with Crippen LogP contribution in [0.2, 0.25) is 0 Å². The largest absolute Gasteiger partial charge is 0.461 e. The van der Waals surface area contributed by atoms with Gasteiger partial charge in [-0.25, -0.2) is 14.8 Å². The molecule has 0 aliphatic heterocycles. The Kier molecular flexibility index (Phi) is 3.31. The number of hydrogen-bond acceptors (Lipinski definition) is 6. The fourth-order valence-corrected chi connectivity index (χ4v) is 2.47. The summed E-state index contributed by atoms with van der Waals surface area (Å²) >= 11 is 2.85. The highest BCUT2D eigenvalue weighted by atomic mass is 32.1. The number of aryl methyl sites for hydroxylation is 1. The highest BCUT2D eigenvalue weighted by molar-refractivity contribution is 7.12. The highest BCUT2D eigenvalue weighted by Crippen LogP contribution is 2.23. The first kappa shape index (κ1) is 11.2. The monoisotopic (exact) mass is 254 g/mol. The Bertz CT molecular complexity index is 504. The van der Waals surface area contributed by atoms with Crippen molar-refractivity contribution >= 4 is 28.6 Å². The number of rotatable bonds is 3. The maximum atomic E-state index is 11.4. The molecule has 0 aliphatic carbocycles. The molecule has 0 fully saturated rings. The van der Waals surface area contributed by atoms with E-state index in [1.54, 1.807) is 18.3 Å². The number of esters is 1. The molecular formula is C10H10N2O2S2. The summed E-state index contributed by atoms with van der Waals surface area (Å²) in [5.74, 6) is -0.370. The molecule has 16 heavy (non-hydrogen) atoms. The van der Waals surface area contributed by atoms with Gasteiger partial charge in [0.05, 0.1) is 11.6 Å². The predicted octanol–water partition coefficient (Wildman–Crippen LogP) is 2.75. The van der Waals surface area contributed by atoms with Crippen LogP contribution in [-0.2, 0) is 4.74 Å². The van der Waals surface area contributed by atoms with Crippen LogP contribution in [0.15, 0.2) is 10.8 Å². The van der Waals surface area contributed by atoms with Crippen LogP contribution in [-0.4, -0.2) is 22.5 Å². The van der Waals surface area contributed by atoms with E-state index >= 15 is 0 Å². The van der Waals surface area contributed by atoms with Gasteiger partial charge in [0.2, 0.25) is 5.01 Å². The summed E-state index contributed by atoms with van der Waals surface area (Å²) < 4.78 is 4.87. The number of carbonyl (C=O) groups excluding carboxylic acids is 1. The molecule has 2 aromatic heterocycles. The van der Waals surface area contributed by atoms with Crippen molar-refractivity contribution in [2.75, 3.05) is 6.61 Å². The molecule has 0 radical (unpaired) electrons. The molecule has 4 nitrogen and oxygen atoms in total. The number of hydrogen-bond donors (Lipinski definition) is 0. The minimum Gasteiger partial charge on any atom is -0.461 e. The summed E-state index contributed by atoms with van der Waals surface area (Å²) in [6.45, 7) is 4.08. The van der Waals surface area contributed by atoms with E-state index < -0.39 is 0 Å². The van der Waals surface area contributed by atoms with Crippen LogP contribution in [0.4, 0.5) is 0 Å². The van der Waals surface area contributed by atoms with Crippen molar-refractivity contribution in [2.24, 2.45) is 0 Å². The van der Waals surface area contributed by atoms with E-state index in [4.69, 9.17) is 4.74 Å². The minimum atomic E-state index is -0.370. The molecule has 6 heteroatoms. The van der Waals surface area contributed by atoms with E-state index in [9.17, 15) is 4.79 Å². The van der Waals surface area contributed by atoms with Crippen molar-refractivity contribution in [3.05, 3.63) is 20.8 Å². The number of carbonyl (C=O) groups is 1. The Morgan fingerprint density at radius 3 is 2.62 bits per heavy atom. The van der Waals surface area contributed by atoms with E-state index in [2.05, 4.69) is 9.97 Å². The molecule has 0 unspecified atom stereocenters. The molecule has 0 bridgehead atoms. The summed E-state index contributed by atoms with van der Waals surface area (Å²) in [5, 5.41) is 5.11. The van der Waals surface area contributed by atoms with Gasteiger partial charge in [0, 0.05) is 10.8 Å². The van der Waals surface area contributed by atoms with E-state index in [1.165, 1.54) is 11.3 Å². The van der Waals surface area contributed by atoms with Gasteiger partial charge in [-0.2, -0.15) is 0 Å². The van der Waals surface area contributed by atoms with Gasteiger partial charge in [0.1, 0.15) is 11.4 Å². The molecule has 0 N–H and O–H groups in total. The summed E-state index contributed by atoms with van der Waals surface area (Å²) in [5.41, 5.74) is 1.55. The first-order chi connectivity index (χ1) is 7.70. The zero-order valence-electron chi connectivity index (χ0n) is 8.89. The topological polar surface area (TPSA) is 52.1 Å². The second-order valence-electron chi connectivity index (χ2n) is 3.01. The van der Waals surface area contributed by atoms with Crippen LogP contribution in [0.5, 0.6) is 0 Å². The normalized spacial score (nSPS) is 10.4. The highest BCUT2D eigenvalue weighted by Gasteiger charge is 2.13.